The first kappa shape index (κ1) is 16.1. The van der Waals surface area contributed by atoms with Crippen LogP contribution in [0.1, 0.15) is 0 Å². The van der Waals surface area contributed by atoms with Gasteiger partial charge in [0.1, 0.15) is 0 Å². The fourth-order valence-corrected chi connectivity index (χ4v) is 4.81. The normalized spacial score (nSPS) is 10.6. The van der Waals surface area contributed by atoms with Gasteiger partial charge in [0.05, 0.1) is 20.4 Å². The number of nitrogens with two attached hydrogens (primary N) is 1. The van der Waals surface area contributed by atoms with Crippen LogP contribution >= 0.6 is 57.1 Å². The highest BCUT2D eigenvalue weighted by Crippen LogP contribution is 2.30. The molecular formula is C14H11N3S5. The molecule has 2 aromatic heterocycles. The summed E-state index contributed by atoms with van der Waals surface area (Å²) in [4.78, 5) is 8.62. The minimum Gasteiger partial charge on any atom is -0.272 e. The molecule has 0 fully saturated rings. The number of fused-ring (bicyclic) bond motifs is 2. The van der Waals surface area contributed by atoms with Gasteiger partial charge in [0.25, 0.3) is 0 Å². The Morgan fingerprint density at radius 3 is 1.82 bits per heavy atom. The summed E-state index contributed by atoms with van der Waals surface area (Å²) in [5.41, 5.74) is 2.10. The van der Waals surface area contributed by atoms with Gasteiger partial charge in [-0.2, -0.15) is 0 Å². The van der Waals surface area contributed by atoms with E-state index in [1.807, 2.05) is 42.5 Å². The molecule has 112 valence electrons. The molecule has 0 aliphatic heterocycles. The lowest BCUT2D eigenvalue weighted by atomic mass is 10.3. The van der Waals surface area contributed by atoms with Crippen molar-refractivity contribution in [3.8, 4) is 0 Å². The van der Waals surface area contributed by atoms with Crippen LogP contribution in [-0.2, 0) is 0 Å². The summed E-state index contributed by atoms with van der Waals surface area (Å²) in [6.45, 7) is 0. The van der Waals surface area contributed by atoms with E-state index in [2.05, 4.69) is 27.7 Å². The molecule has 0 aliphatic carbocycles. The first-order chi connectivity index (χ1) is 10.8. The number of rotatable bonds is 2. The van der Waals surface area contributed by atoms with Crippen molar-refractivity contribution >= 4 is 77.5 Å². The molecular weight excluding hydrogens is 371 g/mol. The molecule has 2 aromatic carbocycles. The van der Waals surface area contributed by atoms with Gasteiger partial charge >= 0.3 is 0 Å². The van der Waals surface area contributed by atoms with Crippen LogP contribution in [0, 0.1) is 0 Å². The van der Waals surface area contributed by atoms with Crippen molar-refractivity contribution in [2.45, 2.75) is 8.68 Å². The topological polar surface area (TPSA) is 51.8 Å². The van der Waals surface area contributed by atoms with Gasteiger partial charge < -0.3 is 0 Å². The van der Waals surface area contributed by atoms with Crippen LogP contribution in [0.4, 0.5) is 0 Å². The van der Waals surface area contributed by atoms with Crippen LogP contribution in [0.15, 0.2) is 57.2 Å². The van der Waals surface area contributed by atoms with Crippen LogP contribution in [0.25, 0.3) is 20.4 Å². The number of benzene rings is 2. The van der Waals surface area contributed by atoms with E-state index < -0.39 is 0 Å². The van der Waals surface area contributed by atoms with E-state index in [0.717, 1.165) is 19.7 Å². The summed E-state index contributed by atoms with van der Waals surface area (Å²) in [5, 5.41) is 5.38. The first-order valence-corrected chi connectivity index (χ1v) is 10.6. The van der Waals surface area contributed by atoms with Crippen molar-refractivity contribution in [3.05, 3.63) is 48.5 Å². The van der Waals surface area contributed by atoms with Gasteiger partial charge in [-0.25, -0.2) is 9.97 Å². The van der Waals surface area contributed by atoms with Gasteiger partial charge in [-0.15, -0.1) is 34.3 Å². The molecule has 0 unspecified atom stereocenters. The van der Waals surface area contributed by atoms with Crippen LogP contribution in [0.2, 0.25) is 0 Å². The van der Waals surface area contributed by atoms with Crippen LogP contribution in [-0.4, -0.2) is 9.97 Å². The number of nitrogens with zero attached hydrogens (tertiary/aromatic N) is 2. The number of hydrogen-bond donors (Lipinski definition) is 2. The Balaban J connectivity index is 0.000000131. The Morgan fingerprint density at radius 1 is 0.818 bits per heavy atom. The van der Waals surface area contributed by atoms with Crippen LogP contribution < -0.4 is 5.14 Å². The molecule has 0 saturated heterocycles. The molecule has 0 radical (unpaired) electrons. The fourth-order valence-electron chi connectivity index (χ4n) is 1.79. The van der Waals surface area contributed by atoms with Crippen molar-refractivity contribution < 1.29 is 0 Å². The average Bonchev–Trinajstić information content (AvgIpc) is 3.18. The van der Waals surface area contributed by atoms with E-state index >= 15 is 0 Å². The van der Waals surface area contributed by atoms with E-state index in [-0.39, 0.29) is 0 Å². The zero-order valence-corrected chi connectivity index (χ0v) is 15.3. The third kappa shape index (κ3) is 3.76. The van der Waals surface area contributed by atoms with E-state index in [1.54, 1.807) is 22.7 Å². The SMILES string of the molecule is NSc1nc2ccccc2s1.SSc1nc2ccccc2s1. The number of thiazole rings is 2. The highest BCUT2D eigenvalue weighted by Gasteiger charge is 2.00. The predicted octanol–water partition coefficient (Wildman–Crippen LogP) is 5.50. The second-order valence-electron chi connectivity index (χ2n) is 4.10. The second kappa shape index (κ2) is 7.67. The van der Waals surface area contributed by atoms with Crippen LogP contribution in [0.3, 0.4) is 0 Å². The first-order valence-electron chi connectivity index (χ1n) is 6.19. The maximum atomic E-state index is 5.38. The molecule has 2 heterocycles. The number of hydrogen-bond acceptors (Lipinski definition) is 8. The summed E-state index contributed by atoms with van der Waals surface area (Å²) in [6, 6.07) is 16.1. The molecule has 0 amide bonds. The van der Waals surface area contributed by atoms with E-state index in [1.165, 1.54) is 32.1 Å². The zero-order valence-electron chi connectivity index (χ0n) is 11.2. The Kier molecular flexibility index (Phi) is 5.61. The monoisotopic (exact) mass is 381 g/mol. The Morgan fingerprint density at radius 2 is 1.32 bits per heavy atom. The minimum atomic E-state index is 0.922. The lowest BCUT2D eigenvalue weighted by Crippen LogP contribution is -1.75. The molecule has 3 nitrogen and oxygen atoms in total. The van der Waals surface area contributed by atoms with Crippen molar-refractivity contribution in [1.82, 2.24) is 9.97 Å². The molecule has 0 bridgehead atoms. The summed E-state index contributed by atoms with van der Waals surface area (Å²) in [7, 11) is 1.40. The van der Waals surface area contributed by atoms with Gasteiger partial charge in [-0.1, -0.05) is 24.3 Å². The van der Waals surface area contributed by atoms with Gasteiger partial charge in [0.15, 0.2) is 8.68 Å². The van der Waals surface area contributed by atoms with E-state index in [9.17, 15) is 0 Å². The average molecular weight is 382 g/mol. The Bertz CT molecular complexity index is 746. The highest BCUT2D eigenvalue weighted by atomic mass is 33.1. The minimum absolute atomic E-state index is 0.922. The lowest BCUT2D eigenvalue weighted by Gasteiger charge is -1.80. The zero-order chi connectivity index (χ0) is 15.4. The third-order valence-electron chi connectivity index (χ3n) is 2.73. The molecule has 0 aliphatic rings. The van der Waals surface area contributed by atoms with Crippen molar-refractivity contribution in [2.24, 2.45) is 5.14 Å². The van der Waals surface area contributed by atoms with E-state index in [0.29, 0.717) is 0 Å². The van der Waals surface area contributed by atoms with Gasteiger partial charge in [0, 0.05) is 0 Å². The van der Waals surface area contributed by atoms with Crippen molar-refractivity contribution in [1.29, 1.82) is 0 Å². The molecule has 4 rings (SSSR count). The number of thiol groups is 1. The summed E-state index contributed by atoms with van der Waals surface area (Å²) < 4.78 is 4.35. The summed E-state index contributed by atoms with van der Waals surface area (Å²) in [5.74, 6) is 0. The molecule has 2 N–H and O–H groups in total. The van der Waals surface area contributed by atoms with Gasteiger partial charge in [-0.3, -0.25) is 5.14 Å². The summed E-state index contributed by atoms with van der Waals surface area (Å²) >= 11 is 8.58. The molecule has 0 spiro atoms. The van der Waals surface area contributed by atoms with Crippen LogP contribution in [0.5, 0.6) is 0 Å². The number of para-hydroxylation sites is 2. The van der Waals surface area contributed by atoms with Gasteiger partial charge in [0.2, 0.25) is 0 Å². The quantitative estimate of drug-likeness (QED) is 0.273. The van der Waals surface area contributed by atoms with Crippen molar-refractivity contribution in [3.63, 3.8) is 0 Å². The predicted molar refractivity (Wildman–Crippen MR) is 104 cm³/mol. The fraction of sp³-hybridized carbons (Fsp3) is 0. The Hall–Kier alpha value is -0.770. The smallest absolute Gasteiger partial charge is 0.165 e. The Labute approximate surface area is 149 Å². The molecule has 0 saturated carbocycles. The van der Waals surface area contributed by atoms with E-state index in [4.69, 9.17) is 5.14 Å². The lowest BCUT2D eigenvalue weighted by molar-refractivity contribution is 1.30. The molecule has 0 atom stereocenters. The molecule has 8 heteroatoms. The maximum Gasteiger partial charge on any atom is 0.165 e. The number of aromatic nitrogens is 2. The van der Waals surface area contributed by atoms with Gasteiger partial charge in [-0.05, 0) is 47.0 Å². The largest absolute Gasteiger partial charge is 0.272 e. The second-order valence-corrected chi connectivity index (χ2v) is 8.42. The van der Waals surface area contributed by atoms with Crippen molar-refractivity contribution in [2.75, 3.05) is 0 Å². The molecule has 22 heavy (non-hydrogen) atoms. The maximum absolute atomic E-state index is 5.38. The molecule has 4 aromatic rings. The summed E-state index contributed by atoms with van der Waals surface area (Å²) in [6.07, 6.45) is 0. The standard InChI is InChI=1S/C7H6N2S2.C7H5NS3/c8-11-7-9-5-3-1-2-4-6(5)10-7;9-11-7-8-5-3-1-2-4-6(5)10-7/h1-4H,8H2;1-4,9H. The highest BCUT2D eigenvalue weighted by molar-refractivity contribution is 8.69. The third-order valence-corrected chi connectivity index (χ3v) is 6.86.